The third-order valence-corrected chi connectivity index (χ3v) is 5.07. The molecule has 22 heavy (non-hydrogen) atoms. The number of phenols is 1. The average molecular weight is 402 g/mol. The van der Waals surface area contributed by atoms with Gasteiger partial charge in [0.25, 0.3) is 5.91 Å². The Kier molecular flexibility index (Phi) is 5.52. The van der Waals surface area contributed by atoms with E-state index in [9.17, 15) is 9.90 Å². The summed E-state index contributed by atoms with van der Waals surface area (Å²) in [7, 11) is 1.48. The zero-order valence-corrected chi connectivity index (χ0v) is 15.6. The van der Waals surface area contributed by atoms with Crippen LogP contribution < -0.4 is 4.74 Å². The minimum Gasteiger partial charge on any atom is -0.504 e. The van der Waals surface area contributed by atoms with E-state index in [4.69, 9.17) is 17.0 Å². The Morgan fingerprint density at radius 1 is 1.50 bits per heavy atom. The Morgan fingerprint density at radius 3 is 2.77 bits per heavy atom. The van der Waals surface area contributed by atoms with E-state index in [-0.39, 0.29) is 11.7 Å². The highest BCUT2D eigenvalue weighted by molar-refractivity contribution is 9.10. The quantitative estimate of drug-likeness (QED) is 0.609. The highest BCUT2D eigenvalue weighted by Gasteiger charge is 2.32. The summed E-state index contributed by atoms with van der Waals surface area (Å²) in [4.78, 5) is 14.6. The van der Waals surface area contributed by atoms with Gasteiger partial charge >= 0.3 is 0 Å². The number of aromatic hydroxyl groups is 1. The first kappa shape index (κ1) is 17.3. The first-order valence-corrected chi connectivity index (χ1v) is 8.67. The lowest BCUT2D eigenvalue weighted by Gasteiger charge is -2.16. The summed E-state index contributed by atoms with van der Waals surface area (Å²) in [6.45, 7) is 4.70. The number of benzene rings is 1. The molecule has 1 saturated heterocycles. The molecule has 1 aliphatic heterocycles. The van der Waals surface area contributed by atoms with Crippen LogP contribution >= 0.6 is 39.9 Å². The van der Waals surface area contributed by atoms with E-state index in [0.29, 0.717) is 31.9 Å². The zero-order valence-electron chi connectivity index (χ0n) is 12.4. The molecule has 4 nitrogen and oxygen atoms in total. The lowest BCUT2D eigenvalue weighted by molar-refractivity contribution is -0.122. The van der Waals surface area contributed by atoms with Crippen LogP contribution in [-0.4, -0.2) is 33.9 Å². The van der Waals surface area contributed by atoms with E-state index < -0.39 is 0 Å². The predicted molar refractivity (Wildman–Crippen MR) is 97.1 cm³/mol. The van der Waals surface area contributed by atoms with E-state index in [1.807, 2.05) is 13.8 Å². The number of thioether (sulfide) groups is 1. The fourth-order valence-corrected chi connectivity index (χ4v) is 3.71. The molecule has 0 aliphatic carbocycles. The molecular formula is C15H16BrNO3S2. The number of carbonyl (C=O) groups is 1. The molecule has 7 heteroatoms. The second kappa shape index (κ2) is 7.02. The lowest BCUT2D eigenvalue weighted by atomic mass is 10.1. The Labute approximate surface area is 147 Å². The van der Waals surface area contributed by atoms with Crippen molar-refractivity contribution in [1.29, 1.82) is 0 Å². The third kappa shape index (κ3) is 3.64. The van der Waals surface area contributed by atoms with Gasteiger partial charge in [-0.05, 0) is 29.7 Å². The van der Waals surface area contributed by atoms with Crippen LogP contribution in [0.15, 0.2) is 21.5 Å². The molecule has 2 rings (SSSR count). The summed E-state index contributed by atoms with van der Waals surface area (Å²) in [6, 6.07) is 3.22. The minimum absolute atomic E-state index is 0.0406. The normalized spacial score (nSPS) is 17.0. The van der Waals surface area contributed by atoms with Crippen LogP contribution in [0.5, 0.6) is 11.5 Å². The molecule has 1 heterocycles. The van der Waals surface area contributed by atoms with Gasteiger partial charge in [0, 0.05) is 11.0 Å². The number of carbonyl (C=O) groups excluding carboxylic acids is 1. The van der Waals surface area contributed by atoms with Crippen LogP contribution in [0, 0.1) is 5.92 Å². The Hall–Kier alpha value is -1.05. The number of amides is 1. The van der Waals surface area contributed by atoms with Crippen LogP contribution in [0.1, 0.15) is 19.4 Å². The van der Waals surface area contributed by atoms with Gasteiger partial charge in [-0.25, -0.2) is 0 Å². The molecule has 1 aromatic rings. The minimum atomic E-state index is -0.0809. The van der Waals surface area contributed by atoms with Gasteiger partial charge in [0.05, 0.1) is 12.0 Å². The number of nitrogens with zero attached hydrogens (tertiary/aromatic N) is 1. The van der Waals surface area contributed by atoms with E-state index in [0.717, 1.165) is 5.56 Å². The Morgan fingerprint density at radius 2 is 2.18 bits per heavy atom. The van der Waals surface area contributed by atoms with Gasteiger partial charge in [-0.3, -0.25) is 9.69 Å². The number of hydrogen-bond donors (Lipinski definition) is 1. The van der Waals surface area contributed by atoms with Gasteiger partial charge in [0.15, 0.2) is 11.5 Å². The first-order chi connectivity index (χ1) is 10.3. The largest absolute Gasteiger partial charge is 0.504 e. The molecular weight excluding hydrogens is 386 g/mol. The fourth-order valence-electron chi connectivity index (χ4n) is 2.00. The van der Waals surface area contributed by atoms with Crippen LogP contribution in [0.25, 0.3) is 6.08 Å². The number of phenolic OH excluding ortho intramolecular Hbond substituents is 1. The van der Waals surface area contributed by atoms with Crippen molar-refractivity contribution in [3.05, 3.63) is 27.1 Å². The SMILES string of the molecule is COc1cc(/C=C2\SC(=S)N(CC(C)C)C2=O)c(Br)cc1O. The van der Waals surface area contributed by atoms with Gasteiger partial charge < -0.3 is 9.84 Å². The monoisotopic (exact) mass is 401 g/mol. The molecule has 0 spiro atoms. The van der Waals surface area contributed by atoms with Crippen LogP contribution in [0.4, 0.5) is 0 Å². The van der Waals surface area contributed by atoms with Gasteiger partial charge in [0.2, 0.25) is 0 Å². The maximum Gasteiger partial charge on any atom is 0.266 e. The van der Waals surface area contributed by atoms with Gasteiger partial charge in [-0.1, -0.05) is 53.8 Å². The van der Waals surface area contributed by atoms with Crippen LogP contribution in [0.2, 0.25) is 0 Å². The molecule has 0 saturated carbocycles. The summed E-state index contributed by atoms with van der Waals surface area (Å²) in [6.07, 6.45) is 1.76. The maximum absolute atomic E-state index is 12.4. The molecule has 0 aromatic heterocycles. The van der Waals surface area contributed by atoms with Crippen molar-refractivity contribution in [2.75, 3.05) is 13.7 Å². The van der Waals surface area contributed by atoms with Crippen molar-refractivity contribution < 1.29 is 14.6 Å². The first-order valence-electron chi connectivity index (χ1n) is 6.65. The van der Waals surface area contributed by atoms with E-state index in [1.165, 1.54) is 18.9 Å². The fraction of sp³-hybridized carbons (Fsp3) is 0.333. The smallest absolute Gasteiger partial charge is 0.266 e. The molecule has 0 radical (unpaired) electrons. The van der Waals surface area contributed by atoms with Gasteiger partial charge in [-0.15, -0.1) is 0 Å². The maximum atomic E-state index is 12.4. The second-order valence-corrected chi connectivity index (χ2v) is 7.76. The molecule has 1 fully saturated rings. The molecule has 0 atom stereocenters. The van der Waals surface area contributed by atoms with Crippen molar-refractivity contribution >= 4 is 56.2 Å². The molecule has 0 bridgehead atoms. The lowest BCUT2D eigenvalue weighted by Crippen LogP contribution is -2.31. The highest BCUT2D eigenvalue weighted by atomic mass is 79.9. The molecule has 1 amide bonds. The van der Waals surface area contributed by atoms with Crippen molar-refractivity contribution in [1.82, 2.24) is 4.90 Å². The topological polar surface area (TPSA) is 49.8 Å². The standard InChI is InChI=1S/C15H16BrNO3S2/c1-8(2)7-17-14(19)13(22-15(17)21)5-9-4-12(20-3)11(18)6-10(9)16/h4-6,8,18H,7H2,1-3H3/b13-5-. The number of ether oxygens (including phenoxy) is 1. The second-order valence-electron chi connectivity index (χ2n) is 5.23. The van der Waals surface area contributed by atoms with E-state index in [1.54, 1.807) is 23.1 Å². The number of halogens is 1. The van der Waals surface area contributed by atoms with Crippen molar-refractivity contribution in [2.24, 2.45) is 5.92 Å². The van der Waals surface area contributed by atoms with Gasteiger partial charge in [0.1, 0.15) is 4.32 Å². The summed E-state index contributed by atoms with van der Waals surface area (Å²) in [5.41, 5.74) is 0.750. The average Bonchev–Trinajstić information content (AvgIpc) is 2.69. The zero-order chi connectivity index (χ0) is 16.4. The molecule has 0 unspecified atom stereocenters. The highest BCUT2D eigenvalue weighted by Crippen LogP contribution is 2.37. The van der Waals surface area contributed by atoms with Crippen LogP contribution in [0.3, 0.4) is 0 Å². The summed E-state index contributed by atoms with van der Waals surface area (Å²) in [5, 5.41) is 9.74. The number of thiocarbonyl (C=S) groups is 1. The van der Waals surface area contributed by atoms with Crippen molar-refractivity contribution in [2.45, 2.75) is 13.8 Å². The molecule has 118 valence electrons. The van der Waals surface area contributed by atoms with Crippen molar-refractivity contribution in [3.63, 3.8) is 0 Å². The predicted octanol–water partition coefficient (Wildman–Crippen LogP) is 4.02. The van der Waals surface area contributed by atoms with Gasteiger partial charge in [-0.2, -0.15) is 0 Å². The molecule has 1 N–H and O–H groups in total. The Balaban J connectivity index is 2.34. The number of methoxy groups -OCH3 is 1. The number of rotatable bonds is 4. The number of hydrogen-bond acceptors (Lipinski definition) is 5. The summed E-state index contributed by atoms with van der Waals surface area (Å²) >= 11 is 9.95. The Bertz CT molecular complexity index is 658. The van der Waals surface area contributed by atoms with Crippen LogP contribution in [-0.2, 0) is 4.79 Å². The molecule has 1 aliphatic rings. The third-order valence-electron chi connectivity index (χ3n) is 3.01. The van der Waals surface area contributed by atoms with Crippen molar-refractivity contribution in [3.8, 4) is 11.5 Å². The summed E-state index contributed by atoms with van der Waals surface area (Å²) in [5.74, 6) is 0.663. The van der Waals surface area contributed by atoms with E-state index >= 15 is 0 Å². The molecule has 1 aromatic carbocycles. The summed E-state index contributed by atoms with van der Waals surface area (Å²) < 4.78 is 6.36. The van der Waals surface area contributed by atoms with E-state index in [2.05, 4.69) is 15.9 Å².